The number of hydrogen-bond donors (Lipinski definition) is 1. The quantitative estimate of drug-likeness (QED) is 0.796. The van der Waals surface area contributed by atoms with E-state index >= 15 is 0 Å². The molecule has 2 aromatic carbocycles. The van der Waals surface area contributed by atoms with Crippen LogP contribution in [0.4, 0.5) is 0 Å². The van der Waals surface area contributed by atoms with Crippen LogP contribution < -0.4 is 0 Å². The molecule has 0 aliphatic heterocycles. The Balaban J connectivity index is 2.22. The van der Waals surface area contributed by atoms with E-state index in [9.17, 15) is 9.90 Å². The smallest absolute Gasteiger partial charge is 0.229 e. The molecule has 0 saturated heterocycles. The first-order valence-corrected chi connectivity index (χ1v) is 9.34. The lowest BCUT2D eigenvalue weighted by atomic mass is 9.87. The second kappa shape index (κ2) is 9.02. The Labute approximate surface area is 148 Å². The highest BCUT2D eigenvalue weighted by molar-refractivity contribution is 8.13. The van der Waals surface area contributed by atoms with E-state index in [4.69, 9.17) is 0 Å². The van der Waals surface area contributed by atoms with Crippen LogP contribution in [0.2, 0.25) is 0 Å². The van der Waals surface area contributed by atoms with Crippen LogP contribution in [0.25, 0.3) is 0 Å². The second-order valence-electron chi connectivity index (χ2n) is 5.61. The Bertz CT molecular complexity index is 587. The molecule has 0 bridgehead atoms. The van der Waals surface area contributed by atoms with E-state index in [0.29, 0.717) is 16.9 Å². The predicted molar refractivity (Wildman–Crippen MR) is 101 cm³/mol. The van der Waals surface area contributed by atoms with Crippen molar-refractivity contribution in [3.05, 3.63) is 71.8 Å². The summed E-state index contributed by atoms with van der Waals surface area (Å²) in [5.74, 6) is 0.669. The van der Waals surface area contributed by atoms with Crippen molar-refractivity contribution in [3.8, 4) is 0 Å². The van der Waals surface area contributed by atoms with Crippen molar-refractivity contribution in [3.63, 3.8) is 0 Å². The third-order valence-corrected chi connectivity index (χ3v) is 5.16. The summed E-state index contributed by atoms with van der Waals surface area (Å²) in [7, 11) is 0. The van der Waals surface area contributed by atoms with Crippen molar-refractivity contribution >= 4 is 16.9 Å². The maximum atomic E-state index is 12.9. The molecule has 0 unspecified atom stereocenters. The summed E-state index contributed by atoms with van der Waals surface area (Å²) in [6.45, 7) is 6.99. The van der Waals surface area contributed by atoms with E-state index in [1.165, 1.54) is 11.8 Å². The van der Waals surface area contributed by atoms with Gasteiger partial charge in [-0.25, -0.2) is 0 Å². The number of carbonyl (C=O) groups excluding carboxylic acids is 1. The number of rotatable bonds is 8. The fraction of sp³-hybridized carbons (Fsp3) is 0.350. The summed E-state index contributed by atoms with van der Waals surface area (Å²) in [5.41, 5.74) is -0.399. The van der Waals surface area contributed by atoms with Gasteiger partial charge in [-0.1, -0.05) is 86.3 Å². The Kier molecular flexibility index (Phi) is 7.03. The molecule has 0 radical (unpaired) electrons. The number of thioether (sulfide) groups is 1. The van der Waals surface area contributed by atoms with Crippen LogP contribution in [0.1, 0.15) is 25.0 Å². The van der Waals surface area contributed by atoms with Gasteiger partial charge in [-0.3, -0.25) is 4.79 Å². The average molecular weight is 343 g/mol. The zero-order valence-electron chi connectivity index (χ0n) is 14.3. The minimum absolute atomic E-state index is 0.230. The molecule has 2 aromatic rings. The fourth-order valence-corrected chi connectivity index (χ4v) is 3.65. The number of nitrogens with zero attached hydrogens (tertiary/aromatic N) is 1. The molecule has 24 heavy (non-hydrogen) atoms. The molecule has 0 aliphatic rings. The first kappa shape index (κ1) is 18.7. The van der Waals surface area contributed by atoms with Crippen LogP contribution in [-0.4, -0.2) is 40.5 Å². The van der Waals surface area contributed by atoms with Crippen molar-refractivity contribution in [2.45, 2.75) is 19.4 Å². The zero-order chi connectivity index (χ0) is 17.4. The molecule has 0 fully saturated rings. The van der Waals surface area contributed by atoms with Gasteiger partial charge in [-0.15, -0.1) is 0 Å². The number of benzene rings is 2. The lowest BCUT2D eigenvalue weighted by Crippen LogP contribution is -2.36. The largest absolute Gasteiger partial charge is 0.372 e. The fourth-order valence-electron chi connectivity index (χ4n) is 2.67. The van der Waals surface area contributed by atoms with E-state index in [2.05, 4.69) is 18.7 Å². The lowest BCUT2D eigenvalue weighted by molar-refractivity contribution is -0.124. The third kappa shape index (κ3) is 4.26. The average Bonchev–Trinajstić information content (AvgIpc) is 2.65. The lowest BCUT2D eigenvalue weighted by Gasteiger charge is -2.27. The SMILES string of the molecule is CCN(CC)CCSC(=O)C(O)(c1ccccc1)c1ccccc1. The monoisotopic (exact) mass is 343 g/mol. The molecule has 128 valence electrons. The van der Waals surface area contributed by atoms with Crippen molar-refractivity contribution in [2.24, 2.45) is 0 Å². The molecule has 0 amide bonds. The molecule has 0 saturated carbocycles. The van der Waals surface area contributed by atoms with Gasteiger partial charge in [0, 0.05) is 12.3 Å². The van der Waals surface area contributed by atoms with Crippen LogP contribution in [-0.2, 0) is 10.4 Å². The molecule has 3 nitrogen and oxygen atoms in total. The first-order valence-electron chi connectivity index (χ1n) is 8.35. The minimum atomic E-state index is -1.61. The van der Waals surface area contributed by atoms with Crippen LogP contribution in [0, 0.1) is 0 Å². The summed E-state index contributed by atoms with van der Waals surface area (Å²) in [6, 6.07) is 18.3. The van der Waals surface area contributed by atoms with Crippen molar-refractivity contribution in [1.29, 1.82) is 0 Å². The summed E-state index contributed by atoms with van der Waals surface area (Å²) in [6.07, 6.45) is 0. The van der Waals surface area contributed by atoms with E-state index < -0.39 is 5.60 Å². The maximum Gasteiger partial charge on any atom is 0.229 e. The van der Waals surface area contributed by atoms with E-state index in [0.717, 1.165) is 19.6 Å². The van der Waals surface area contributed by atoms with Crippen LogP contribution in [0.5, 0.6) is 0 Å². The van der Waals surface area contributed by atoms with E-state index in [1.807, 2.05) is 36.4 Å². The predicted octanol–water partition coefficient (Wildman–Crippen LogP) is 3.52. The van der Waals surface area contributed by atoms with Crippen molar-refractivity contribution < 1.29 is 9.90 Å². The third-order valence-electron chi connectivity index (χ3n) is 4.21. The summed E-state index contributed by atoms with van der Waals surface area (Å²) >= 11 is 1.20. The minimum Gasteiger partial charge on any atom is -0.372 e. The Morgan fingerprint density at radius 1 is 0.958 bits per heavy atom. The molecule has 0 spiro atoms. The summed E-state index contributed by atoms with van der Waals surface area (Å²) in [4.78, 5) is 15.2. The molecule has 0 aromatic heterocycles. The molecule has 1 N–H and O–H groups in total. The first-order chi connectivity index (χ1) is 11.6. The number of hydrogen-bond acceptors (Lipinski definition) is 4. The highest BCUT2D eigenvalue weighted by atomic mass is 32.2. The summed E-state index contributed by atoms with van der Waals surface area (Å²) < 4.78 is 0. The van der Waals surface area contributed by atoms with Gasteiger partial charge in [0.05, 0.1) is 0 Å². The van der Waals surface area contributed by atoms with Crippen LogP contribution >= 0.6 is 11.8 Å². The van der Waals surface area contributed by atoms with Gasteiger partial charge < -0.3 is 10.0 Å². The van der Waals surface area contributed by atoms with E-state index in [-0.39, 0.29) is 5.12 Å². The second-order valence-corrected chi connectivity index (χ2v) is 6.67. The van der Waals surface area contributed by atoms with Gasteiger partial charge in [-0.05, 0) is 24.2 Å². The highest BCUT2D eigenvalue weighted by Crippen LogP contribution is 2.34. The molecule has 2 rings (SSSR count). The molecular formula is C20H25NO2S. The molecular weight excluding hydrogens is 318 g/mol. The zero-order valence-corrected chi connectivity index (χ0v) is 15.1. The Hall–Kier alpha value is -1.62. The van der Waals surface area contributed by atoms with Crippen LogP contribution in [0.3, 0.4) is 0 Å². The Morgan fingerprint density at radius 2 is 1.42 bits per heavy atom. The topological polar surface area (TPSA) is 40.5 Å². The standard InChI is InChI=1S/C20H25NO2S/c1-3-21(4-2)15-16-24-19(22)20(23,17-11-7-5-8-12-17)18-13-9-6-10-14-18/h5-14,23H,3-4,15-16H2,1-2H3. The molecule has 0 heterocycles. The number of aliphatic hydroxyl groups is 1. The van der Waals surface area contributed by atoms with Crippen molar-refractivity contribution in [2.75, 3.05) is 25.4 Å². The molecule has 0 atom stereocenters. The Morgan fingerprint density at radius 3 is 1.83 bits per heavy atom. The van der Waals surface area contributed by atoms with Gasteiger partial charge in [-0.2, -0.15) is 0 Å². The highest BCUT2D eigenvalue weighted by Gasteiger charge is 2.39. The number of carbonyl (C=O) groups is 1. The normalized spacial score (nSPS) is 11.7. The van der Waals surface area contributed by atoms with Gasteiger partial charge >= 0.3 is 0 Å². The van der Waals surface area contributed by atoms with Gasteiger partial charge in [0.2, 0.25) is 5.12 Å². The van der Waals surface area contributed by atoms with Crippen LogP contribution in [0.15, 0.2) is 60.7 Å². The summed E-state index contributed by atoms with van der Waals surface area (Å²) in [5, 5.41) is 11.1. The molecule has 4 heteroatoms. The molecule has 0 aliphatic carbocycles. The maximum absolute atomic E-state index is 12.9. The van der Waals surface area contributed by atoms with Gasteiger partial charge in [0.15, 0.2) is 5.60 Å². The van der Waals surface area contributed by atoms with Crippen molar-refractivity contribution in [1.82, 2.24) is 4.90 Å². The van der Waals surface area contributed by atoms with E-state index in [1.54, 1.807) is 24.3 Å². The van der Waals surface area contributed by atoms with Gasteiger partial charge in [0.1, 0.15) is 0 Å². The van der Waals surface area contributed by atoms with Gasteiger partial charge in [0.25, 0.3) is 0 Å².